The Balaban J connectivity index is 2.07. The van der Waals surface area contributed by atoms with Crippen molar-refractivity contribution in [2.45, 2.75) is 19.9 Å². The molecule has 9 nitrogen and oxygen atoms in total. The summed E-state index contributed by atoms with van der Waals surface area (Å²) in [5, 5.41) is 9.40. The molecule has 2 aromatic rings. The van der Waals surface area contributed by atoms with Gasteiger partial charge in [-0.1, -0.05) is 0 Å². The molecular formula is C10H13ClN8O. The van der Waals surface area contributed by atoms with Gasteiger partial charge < -0.3 is 10.6 Å². The van der Waals surface area contributed by atoms with Crippen molar-refractivity contribution in [1.29, 1.82) is 0 Å². The minimum Gasteiger partial charge on any atom is -0.352 e. The number of carbonyl (C=O) groups excluding carboxylic acids is 1. The highest BCUT2D eigenvalue weighted by molar-refractivity contribution is 6.28. The quantitative estimate of drug-likeness (QED) is 0.801. The number of nitrogens with zero attached hydrogens (tertiary/aromatic N) is 6. The lowest BCUT2D eigenvalue weighted by atomic mass is 10.4. The Hall–Kier alpha value is -2.29. The van der Waals surface area contributed by atoms with Crippen LogP contribution in [0.2, 0.25) is 5.28 Å². The number of amides is 1. The van der Waals surface area contributed by atoms with Gasteiger partial charge in [0.25, 0.3) is 5.95 Å². The molecule has 0 aromatic carbocycles. The topological polar surface area (TPSA) is 111 Å². The van der Waals surface area contributed by atoms with Crippen molar-refractivity contribution < 1.29 is 4.79 Å². The van der Waals surface area contributed by atoms with E-state index < -0.39 is 0 Å². The maximum Gasteiger partial charge on any atom is 0.258 e. The molecule has 2 N–H and O–H groups in total. The van der Waals surface area contributed by atoms with Crippen molar-refractivity contribution in [2.24, 2.45) is 0 Å². The summed E-state index contributed by atoms with van der Waals surface area (Å²) in [6.07, 6.45) is 2.78. The third-order valence-electron chi connectivity index (χ3n) is 2.08. The third kappa shape index (κ3) is 3.85. The molecule has 0 aliphatic heterocycles. The smallest absolute Gasteiger partial charge is 0.258 e. The lowest BCUT2D eigenvalue weighted by Crippen LogP contribution is -2.35. The zero-order chi connectivity index (χ0) is 14.5. The van der Waals surface area contributed by atoms with E-state index in [2.05, 4.69) is 35.7 Å². The maximum atomic E-state index is 11.5. The van der Waals surface area contributed by atoms with Gasteiger partial charge in [-0.3, -0.25) is 4.79 Å². The van der Waals surface area contributed by atoms with Crippen LogP contribution >= 0.6 is 11.6 Å². The molecule has 10 heteroatoms. The van der Waals surface area contributed by atoms with E-state index in [4.69, 9.17) is 11.6 Å². The molecule has 0 fully saturated rings. The normalized spacial score (nSPS) is 10.6. The first kappa shape index (κ1) is 14.1. The Morgan fingerprint density at radius 1 is 1.40 bits per heavy atom. The highest BCUT2D eigenvalue weighted by Crippen LogP contribution is 2.08. The highest BCUT2D eigenvalue weighted by Gasteiger charge is 2.09. The van der Waals surface area contributed by atoms with Crippen molar-refractivity contribution >= 4 is 23.5 Å². The van der Waals surface area contributed by atoms with Crippen LogP contribution in [-0.2, 0) is 4.79 Å². The zero-order valence-electron chi connectivity index (χ0n) is 10.9. The number of rotatable bonds is 5. The number of carbonyl (C=O) groups is 1. The second-order valence-corrected chi connectivity index (χ2v) is 4.48. The standard InChI is InChI=1S/C10H13ClN8O/c1-6(2)15-7(20)3-13-9-16-8(11)17-10(18-9)19-5-12-4-14-19/h4-6H,3H2,1-2H3,(H,15,20)(H,13,16,17,18). The third-order valence-corrected chi connectivity index (χ3v) is 2.25. The second-order valence-electron chi connectivity index (χ2n) is 4.14. The lowest BCUT2D eigenvalue weighted by Gasteiger charge is -2.09. The maximum absolute atomic E-state index is 11.5. The van der Waals surface area contributed by atoms with E-state index in [9.17, 15) is 4.79 Å². The minimum atomic E-state index is -0.168. The molecule has 2 heterocycles. The van der Waals surface area contributed by atoms with Gasteiger partial charge in [0.05, 0.1) is 6.54 Å². The summed E-state index contributed by atoms with van der Waals surface area (Å²) in [4.78, 5) is 27.2. The molecule has 2 rings (SSSR count). The number of hydrogen-bond acceptors (Lipinski definition) is 7. The SMILES string of the molecule is CC(C)NC(=O)CNc1nc(Cl)nc(-n2cncn2)n1. The van der Waals surface area contributed by atoms with Crippen molar-refractivity contribution in [3.05, 3.63) is 17.9 Å². The molecule has 0 bridgehead atoms. The summed E-state index contributed by atoms with van der Waals surface area (Å²) >= 11 is 5.80. The summed E-state index contributed by atoms with van der Waals surface area (Å²) in [6.45, 7) is 3.79. The lowest BCUT2D eigenvalue weighted by molar-refractivity contribution is -0.119. The Morgan fingerprint density at radius 2 is 2.20 bits per heavy atom. The van der Waals surface area contributed by atoms with E-state index in [1.54, 1.807) is 0 Å². The minimum absolute atomic E-state index is 0.00253. The second kappa shape index (κ2) is 6.24. The summed E-state index contributed by atoms with van der Waals surface area (Å²) in [5.74, 6) is 0.238. The van der Waals surface area contributed by atoms with Crippen LogP contribution in [0, 0.1) is 0 Å². The van der Waals surface area contributed by atoms with Crippen molar-refractivity contribution in [3.63, 3.8) is 0 Å². The molecule has 0 saturated heterocycles. The molecular weight excluding hydrogens is 284 g/mol. The number of hydrogen-bond donors (Lipinski definition) is 2. The monoisotopic (exact) mass is 296 g/mol. The summed E-state index contributed by atoms with van der Waals surface area (Å²) in [5.41, 5.74) is 0. The first-order valence-corrected chi connectivity index (χ1v) is 6.22. The van der Waals surface area contributed by atoms with Gasteiger partial charge in [-0.05, 0) is 25.4 Å². The Morgan fingerprint density at radius 3 is 2.85 bits per heavy atom. The van der Waals surface area contributed by atoms with E-state index >= 15 is 0 Å². The predicted octanol–water partition coefficient (Wildman–Crippen LogP) is 0.0422. The van der Waals surface area contributed by atoms with Gasteiger partial charge in [-0.25, -0.2) is 4.98 Å². The number of aromatic nitrogens is 6. The van der Waals surface area contributed by atoms with Gasteiger partial charge in [-0.2, -0.15) is 24.7 Å². The largest absolute Gasteiger partial charge is 0.352 e. The van der Waals surface area contributed by atoms with Crippen LogP contribution in [0.4, 0.5) is 5.95 Å². The molecule has 0 aliphatic carbocycles. The molecule has 0 aliphatic rings. The van der Waals surface area contributed by atoms with Gasteiger partial charge >= 0.3 is 0 Å². The van der Waals surface area contributed by atoms with E-state index in [-0.39, 0.29) is 35.7 Å². The van der Waals surface area contributed by atoms with Crippen LogP contribution in [0.15, 0.2) is 12.7 Å². The van der Waals surface area contributed by atoms with Crippen LogP contribution < -0.4 is 10.6 Å². The molecule has 20 heavy (non-hydrogen) atoms. The van der Waals surface area contributed by atoms with Crippen LogP contribution in [0.5, 0.6) is 0 Å². The van der Waals surface area contributed by atoms with Crippen LogP contribution in [-0.4, -0.2) is 48.2 Å². The fraction of sp³-hybridized carbons (Fsp3) is 0.400. The number of anilines is 1. The average molecular weight is 297 g/mol. The van der Waals surface area contributed by atoms with Crippen molar-refractivity contribution in [1.82, 2.24) is 35.0 Å². The Bertz CT molecular complexity index is 585. The van der Waals surface area contributed by atoms with Crippen molar-refractivity contribution in [2.75, 3.05) is 11.9 Å². The molecule has 0 saturated carbocycles. The van der Waals surface area contributed by atoms with Gasteiger partial charge in [0.2, 0.25) is 17.1 Å². The fourth-order valence-electron chi connectivity index (χ4n) is 1.36. The van der Waals surface area contributed by atoms with Crippen LogP contribution in [0.1, 0.15) is 13.8 Å². The summed E-state index contributed by atoms with van der Waals surface area (Å²) in [6, 6.07) is 0.0666. The fourth-order valence-corrected chi connectivity index (χ4v) is 1.52. The van der Waals surface area contributed by atoms with Crippen LogP contribution in [0.25, 0.3) is 5.95 Å². The molecule has 0 unspecified atom stereocenters. The first-order chi connectivity index (χ1) is 9.54. The Labute approximate surface area is 119 Å². The molecule has 0 atom stereocenters. The van der Waals surface area contributed by atoms with E-state index in [1.165, 1.54) is 17.3 Å². The molecule has 106 valence electrons. The first-order valence-electron chi connectivity index (χ1n) is 5.84. The molecule has 0 radical (unpaired) electrons. The Kier molecular flexibility index (Phi) is 4.41. The van der Waals surface area contributed by atoms with Crippen molar-refractivity contribution in [3.8, 4) is 5.95 Å². The van der Waals surface area contributed by atoms with E-state index in [0.717, 1.165) is 0 Å². The predicted molar refractivity (Wildman–Crippen MR) is 71.5 cm³/mol. The van der Waals surface area contributed by atoms with E-state index in [1.807, 2.05) is 13.8 Å². The highest BCUT2D eigenvalue weighted by atomic mass is 35.5. The van der Waals surface area contributed by atoms with Crippen LogP contribution in [0.3, 0.4) is 0 Å². The van der Waals surface area contributed by atoms with E-state index in [0.29, 0.717) is 0 Å². The van der Waals surface area contributed by atoms with Gasteiger partial charge in [-0.15, -0.1) is 0 Å². The van der Waals surface area contributed by atoms with Gasteiger partial charge in [0.15, 0.2) is 0 Å². The average Bonchev–Trinajstić information content (AvgIpc) is 2.89. The molecule has 1 amide bonds. The molecule has 0 spiro atoms. The summed E-state index contributed by atoms with van der Waals surface area (Å²) in [7, 11) is 0. The number of halogens is 1. The number of nitrogens with one attached hydrogen (secondary N) is 2. The van der Waals surface area contributed by atoms with Gasteiger partial charge in [0, 0.05) is 6.04 Å². The summed E-state index contributed by atoms with van der Waals surface area (Å²) < 4.78 is 1.34. The zero-order valence-corrected chi connectivity index (χ0v) is 11.7. The van der Waals surface area contributed by atoms with Gasteiger partial charge in [0.1, 0.15) is 12.7 Å². The molecule has 2 aromatic heterocycles.